The van der Waals surface area contributed by atoms with Crippen molar-refractivity contribution in [3.8, 4) is 33.6 Å². The van der Waals surface area contributed by atoms with Crippen LogP contribution in [-0.2, 0) is 0 Å². The number of carboxylic acid groups (broad SMARTS) is 1. The number of nitrogens with one attached hydrogen (secondary N) is 1. The molecular formula is C30H21FN2O5. The van der Waals surface area contributed by atoms with Crippen LogP contribution in [0.5, 0.6) is 0 Å². The summed E-state index contributed by atoms with van der Waals surface area (Å²) in [4.78, 5) is 37.0. The molecule has 2 amide bonds. The predicted molar refractivity (Wildman–Crippen MR) is 141 cm³/mol. The minimum atomic E-state index is -1.17. The van der Waals surface area contributed by atoms with Crippen LogP contribution >= 0.6 is 0 Å². The third-order valence-corrected chi connectivity index (χ3v) is 6.31. The standard InChI is InChI=1S/C30H21FN2O5/c1-33-29(35)26-24-15-18(9-13-25(24)38-27(26)16-6-10-19(31)11-7-16)17-8-12-21(23(14-17)30(36)37)20-4-2-3-5-22(20)28(32)34/h2-15H,1H3,(H2,32,34)(H,33,35)(H,36,37). The molecule has 0 aliphatic heterocycles. The largest absolute Gasteiger partial charge is 0.478 e. The fraction of sp³-hybridized carbons (Fsp3) is 0.0333. The van der Waals surface area contributed by atoms with Gasteiger partial charge in [0.2, 0.25) is 5.91 Å². The highest BCUT2D eigenvalue weighted by atomic mass is 19.1. The SMILES string of the molecule is CNC(=O)c1c(-c2ccc(F)cc2)oc2ccc(-c3ccc(-c4ccccc4C(N)=O)c(C(=O)O)c3)cc12. The van der Waals surface area contributed by atoms with Gasteiger partial charge in [0.15, 0.2) is 0 Å². The van der Waals surface area contributed by atoms with E-state index in [2.05, 4.69) is 5.32 Å². The molecule has 4 N–H and O–H groups in total. The number of benzene rings is 4. The summed E-state index contributed by atoms with van der Waals surface area (Å²) in [6.07, 6.45) is 0. The van der Waals surface area contributed by atoms with Crippen LogP contribution < -0.4 is 11.1 Å². The van der Waals surface area contributed by atoms with Gasteiger partial charge in [-0.05, 0) is 70.8 Å². The van der Waals surface area contributed by atoms with Gasteiger partial charge in [-0.2, -0.15) is 0 Å². The summed E-state index contributed by atoms with van der Waals surface area (Å²) in [6, 6.07) is 22.2. The quantitative estimate of drug-likeness (QED) is 0.270. The molecule has 0 aliphatic carbocycles. The van der Waals surface area contributed by atoms with Crippen molar-refractivity contribution in [2.24, 2.45) is 5.73 Å². The average molecular weight is 509 g/mol. The van der Waals surface area contributed by atoms with E-state index in [4.69, 9.17) is 10.2 Å². The zero-order valence-corrected chi connectivity index (χ0v) is 20.1. The Labute approximate surface area is 216 Å². The van der Waals surface area contributed by atoms with Gasteiger partial charge in [0.05, 0.1) is 11.1 Å². The van der Waals surface area contributed by atoms with Gasteiger partial charge in [0, 0.05) is 23.6 Å². The van der Waals surface area contributed by atoms with Gasteiger partial charge < -0.3 is 20.6 Å². The maximum atomic E-state index is 13.5. The summed E-state index contributed by atoms with van der Waals surface area (Å²) in [5, 5.41) is 13.1. The van der Waals surface area contributed by atoms with Gasteiger partial charge in [0.25, 0.3) is 5.91 Å². The average Bonchev–Trinajstić information content (AvgIpc) is 3.31. The highest BCUT2D eigenvalue weighted by Gasteiger charge is 2.23. The third kappa shape index (κ3) is 4.28. The van der Waals surface area contributed by atoms with Crippen LogP contribution in [0.1, 0.15) is 31.1 Å². The van der Waals surface area contributed by atoms with Crippen LogP contribution in [0.15, 0.2) is 89.3 Å². The van der Waals surface area contributed by atoms with E-state index in [0.717, 1.165) is 0 Å². The molecular weight excluding hydrogens is 487 g/mol. The van der Waals surface area contributed by atoms with Gasteiger partial charge in [-0.15, -0.1) is 0 Å². The second-order valence-corrected chi connectivity index (χ2v) is 8.58. The summed E-state index contributed by atoms with van der Waals surface area (Å²) in [5.74, 6) is -2.34. The zero-order valence-electron chi connectivity index (χ0n) is 20.1. The number of fused-ring (bicyclic) bond motifs is 1. The Kier molecular flexibility index (Phi) is 6.22. The lowest BCUT2D eigenvalue weighted by Crippen LogP contribution is -2.18. The lowest BCUT2D eigenvalue weighted by atomic mass is 9.91. The molecule has 0 unspecified atom stereocenters. The molecule has 8 heteroatoms. The van der Waals surface area contributed by atoms with E-state index in [0.29, 0.717) is 44.5 Å². The fourth-order valence-corrected chi connectivity index (χ4v) is 4.50. The molecule has 4 aromatic carbocycles. The van der Waals surface area contributed by atoms with Crippen molar-refractivity contribution in [3.63, 3.8) is 0 Å². The lowest BCUT2D eigenvalue weighted by Gasteiger charge is -2.12. The number of nitrogens with two attached hydrogens (primary N) is 1. The maximum absolute atomic E-state index is 13.5. The summed E-state index contributed by atoms with van der Waals surface area (Å²) in [6.45, 7) is 0. The van der Waals surface area contributed by atoms with Crippen LogP contribution in [0.4, 0.5) is 4.39 Å². The monoisotopic (exact) mass is 508 g/mol. The number of amides is 2. The van der Waals surface area contributed by atoms with Crippen molar-refractivity contribution in [1.82, 2.24) is 5.32 Å². The molecule has 5 rings (SSSR count). The molecule has 0 atom stereocenters. The molecule has 0 saturated heterocycles. The van der Waals surface area contributed by atoms with Crippen LogP contribution in [0, 0.1) is 5.82 Å². The summed E-state index contributed by atoms with van der Waals surface area (Å²) < 4.78 is 19.5. The van der Waals surface area contributed by atoms with Gasteiger partial charge in [-0.3, -0.25) is 9.59 Å². The van der Waals surface area contributed by atoms with Crippen molar-refractivity contribution >= 4 is 28.8 Å². The van der Waals surface area contributed by atoms with Gasteiger partial charge >= 0.3 is 5.97 Å². The summed E-state index contributed by atoms with van der Waals surface area (Å²) in [5.41, 5.74) is 8.96. The number of hydrogen-bond acceptors (Lipinski definition) is 4. The number of hydrogen-bond donors (Lipinski definition) is 3. The van der Waals surface area contributed by atoms with Crippen molar-refractivity contribution in [1.29, 1.82) is 0 Å². The first-order valence-corrected chi connectivity index (χ1v) is 11.6. The molecule has 0 saturated carbocycles. The number of carboxylic acids is 1. The van der Waals surface area contributed by atoms with Gasteiger partial charge in [-0.25, -0.2) is 9.18 Å². The first kappa shape index (κ1) is 24.5. The second kappa shape index (κ2) is 9.67. The van der Waals surface area contributed by atoms with Crippen molar-refractivity contribution in [3.05, 3.63) is 107 Å². The zero-order chi connectivity index (χ0) is 27.0. The van der Waals surface area contributed by atoms with Crippen molar-refractivity contribution < 1.29 is 28.3 Å². The molecule has 0 aliphatic rings. The summed E-state index contributed by atoms with van der Waals surface area (Å²) in [7, 11) is 1.50. The van der Waals surface area contributed by atoms with Crippen LogP contribution in [0.3, 0.4) is 0 Å². The predicted octanol–water partition coefficient (Wildman–Crippen LogP) is 5.73. The number of carbonyl (C=O) groups excluding carboxylic acids is 2. The molecule has 0 bridgehead atoms. The maximum Gasteiger partial charge on any atom is 0.336 e. The molecule has 1 aromatic heterocycles. The minimum Gasteiger partial charge on any atom is -0.478 e. The summed E-state index contributed by atoms with van der Waals surface area (Å²) >= 11 is 0. The molecule has 7 nitrogen and oxygen atoms in total. The van der Waals surface area contributed by atoms with E-state index in [9.17, 15) is 23.9 Å². The number of carbonyl (C=O) groups is 3. The fourth-order valence-electron chi connectivity index (χ4n) is 4.50. The Hall–Kier alpha value is -5.24. The van der Waals surface area contributed by atoms with E-state index < -0.39 is 17.7 Å². The molecule has 188 valence electrons. The van der Waals surface area contributed by atoms with E-state index in [1.54, 1.807) is 54.6 Å². The minimum absolute atomic E-state index is 0.0120. The Morgan fingerprint density at radius 2 is 1.45 bits per heavy atom. The van der Waals surface area contributed by atoms with E-state index in [-0.39, 0.29) is 22.6 Å². The number of primary amides is 1. The number of aromatic carboxylic acids is 1. The first-order chi connectivity index (χ1) is 18.3. The number of furan rings is 1. The molecule has 0 spiro atoms. The van der Waals surface area contributed by atoms with E-state index in [1.165, 1.54) is 37.4 Å². The Balaban J connectivity index is 1.67. The molecule has 0 radical (unpaired) electrons. The van der Waals surface area contributed by atoms with Crippen molar-refractivity contribution in [2.75, 3.05) is 7.05 Å². The van der Waals surface area contributed by atoms with E-state index >= 15 is 0 Å². The first-order valence-electron chi connectivity index (χ1n) is 11.6. The smallest absolute Gasteiger partial charge is 0.336 e. The number of rotatable bonds is 6. The Morgan fingerprint density at radius 1 is 0.816 bits per heavy atom. The van der Waals surface area contributed by atoms with Crippen LogP contribution in [-0.4, -0.2) is 29.9 Å². The van der Waals surface area contributed by atoms with Gasteiger partial charge in [-0.1, -0.05) is 36.4 Å². The van der Waals surface area contributed by atoms with Crippen LogP contribution in [0.25, 0.3) is 44.5 Å². The third-order valence-electron chi connectivity index (χ3n) is 6.31. The molecule has 1 heterocycles. The van der Waals surface area contributed by atoms with Crippen LogP contribution in [0.2, 0.25) is 0 Å². The highest BCUT2D eigenvalue weighted by molar-refractivity contribution is 6.12. The Bertz CT molecular complexity index is 1740. The normalized spacial score (nSPS) is 10.9. The Morgan fingerprint density at radius 3 is 2.13 bits per heavy atom. The number of halogens is 1. The highest BCUT2D eigenvalue weighted by Crippen LogP contribution is 2.37. The molecule has 5 aromatic rings. The van der Waals surface area contributed by atoms with Gasteiger partial charge in [0.1, 0.15) is 17.2 Å². The lowest BCUT2D eigenvalue weighted by molar-refractivity contribution is 0.0697. The molecule has 38 heavy (non-hydrogen) atoms. The molecule has 0 fully saturated rings. The second-order valence-electron chi connectivity index (χ2n) is 8.58. The van der Waals surface area contributed by atoms with Crippen molar-refractivity contribution in [2.45, 2.75) is 0 Å². The topological polar surface area (TPSA) is 123 Å². The van der Waals surface area contributed by atoms with E-state index in [1.807, 2.05) is 0 Å².